The summed E-state index contributed by atoms with van der Waals surface area (Å²) in [4.78, 5) is 4.18. The minimum absolute atomic E-state index is 0.252. The van der Waals surface area contributed by atoms with Crippen LogP contribution in [-0.2, 0) is 0 Å². The van der Waals surface area contributed by atoms with Crippen molar-refractivity contribution < 1.29 is 5.11 Å². The van der Waals surface area contributed by atoms with E-state index in [1.165, 1.54) is 0 Å². The second-order valence-corrected chi connectivity index (χ2v) is 6.34. The number of pyridine rings is 1. The molecule has 1 aliphatic rings. The maximum Gasteiger partial charge on any atom is 0.100 e. The largest absolute Gasteiger partial charge is 0.386 e. The first kappa shape index (κ1) is 14.1. The number of halogens is 2. The molecular formula is C14H19Cl2NO. The fourth-order valence-electron chi connectivity index (χ4n) is 2.74. The van der Waals surface area contributed by atoms with Crippen molar-refractivity contribution in [3.63, 3.8) is 0 Å². The summed E-state index contributed by atoms with van der Waals surface area (Å²) in [5.41, 5.74) is 0.563. The highest BCUT2D eigenvalue weighted by Gasteiger charge is 2.31. The summed E-state index contributed by atoms with van der Waals surface area (Å²) < 4.78 is 0. The van der Waals surface area contributed by atoms with Crippen LogP contribution in [0.5, 0.6) is 0 Å². The molecule has 0 amide bonds. The Morgan fingerprint density at radius 3 is 2.61 bits per heavy atom. The van der Waals surface area contributed by atoms with E-state index in [4.69, 9.17) is 23.2 Å². The SMILES string of the molecule is CC1CCC(C(O)c2ncc(Cl)cc2Cl)CC1C. The Balaban J connectivity index is 2.13. The van der Waals surface area contributed by atoms with E-state index in [0.29, 0.717) is 21.7 Å². The third-order valence-electron chi connectivity index (χ3n) is 4.20. The highest BCUT2D eigenvalue weighted by atomic mass is 35.5. The van der Waals surface area contributed by atoms with Gasteiger partial charge in [0.05, 0.1) is 15.7 Å². The van der Waals surface area contributed by atoms with Gasteiger partial charge in [-0.25, -0.2) is 0 Å². The predicted molar refractivity (Wildman–Crippen MR) is 74.9 cm³/mol. The molecule has 2 rings (SSSR count). The lowest BCUT2D eigenvalue weighted by atomic mass is 9.73. The van der Waals surface area contributed by atoms with Gasteiger partial charge in [-0.1, -0.05) is 43.5 Å². The fourth-order valence-corrected chi connectivity index (χ4v) is 3.23. The van der Waals surface area contributed by atoms with E-state index >= 15 is 0 Å². The monoisotopic (exact) mass is 287 g/mol. The second kappa shape index (κ2) is 5.77. The zero-order chi connectivity index (χ0) is 13.3. The third kappa shape index (κ3) is 2.98. The van der Waals surface area contributed by atoms with Crippen LogP contribution in [0.2, 0.25) is 10.0 Å². The molecule has 4 atom stereocenters. The molecule has 1 aliphatic carbocycles. The Morgan fingerprint density at radius 2 is 2.00 bits per heavy atom. The molecule has 0 radical (unpaired) electrons. The lowest BCUT2D eigenvalue weighted by Crippen LogP contribution is -2.25. The molecule has 4 heteroatoms. The number of aliphatic hydroxyl groups excluding tert-OH is 1. The molecule has 100 valence electrons. The number of hydrogen-bond acceptors (Lipinski definition) is 2. The van der Waals surface area contributed by atoms with Gasteiger partial charge in [0.2, 0.25) is 0 Å². The molecule has 0 saturated heterocycles. The Kier molecular flexibility index (Phi) is 4.52. The first-order valence-electron chi connectivity index (χ1n) is 6.48. The average molecular weight is 288 g/mol. The molecule has 0 aliphatic heterocycles. The van der Waals surface area contributed by atoms with Gasteiger partial charge in [-0.15, -0.1) is 0 Å². The van der Waals surface area contributed by atoms with Crippen molar-refractivity contribution in [3.8, 4) is 0 Å². The van der Waals surface area contributed by atoms with E-state index in [1.54, 1.807) is 12.3 Å². The standard InChI is InChI=1S/C14H19Cl2NO/c1-8-3-4-10(5-9(8)2)14(18)13-12(16)6-11(15)7-17-13/h6-10,14,18H,3-5H2,1-2H3. The van der Waals surface area contributed by atoms with Crippen molar-refractivity contribution in [2.24, 2.45) is 17.8 Å². The maximum absolute atomic E-state index is 10.4. The second-order valence-electron chi connectivity index (χ2n) is 5.49. The summed E-state index contributed by atoms with van der Waals surface area (Å²) >= 11 is 11.9. The molecule has 0 aromatic carbocycles. The van der Waals surface area contributed by atoms with E-state index in [1.807, 2.05) is 0 Å². The van der Waals surface area contributed by atoms with Gasteiger partial charge in [-0.05, 0) is 36.7 Å². The van der Waals surface area contributed by atoms with Crippen LogP contribution >= 0.6 is 23.2 Å². The molecule has 1 fully saturated rings. The van der Waals surface area contributed by atoms with Crippen LogP contribution in [0.4, 0.5) is 0 Å². The molecular weight excluding hydrogens is 269 g/mol. The van der Waals surface area contributed by atoms with Crippen molar-refractivity contribution >= 4 is 23.2 Å². The molecule has 1 aromatic heterocycles. The average Bonchev–Trinajstić information content (AvgIpc) is 2.32. The van der Waals surface area contributed by atoms with E-state index < -0.39 is 6.10 Å². The smallest absolute Gasteiger partial charge is 0.100 e. The highest BCUT2D eigenvalue weighted by Crippen LogP contribution is 2.40. The van der Waals surface area contributed by atoms with Gasteiger partial charge in [0.1, 0.15) is 6.10 Å². The summed E-state index contributed by atoms with van der Waals surface area (Å²) in [5, 5.41) is 11.4. The Bertz CT molecular complexity index is 424. The van der Waals surface area contributed by atoms with E-state index in [0.717, 1.165) is 25.2 Å². The normalized spacial score (nSPS) is 30.2. The van der Waals surface area contributed by atoms with Crippen LogP contribution in [-0.4, -0.2) is 10.1 Å². The van der Waals surface area contributed by atoms with Crippen molar-refractivity contribution in [2.75, 3.05) is 0 Å². The zero-order valence-electron chi connectivity index (χ0n) is 10.7. The number of aromatic nitrogens is 1. The van der Waals surface area contributed by atoms with Crippen LogP contribution in [0.25, 0.3) is 0 Å². The number of aliphatic hydroxyl groups is 1. The van der Waals surface area contributed by atoms with E-state index in [-0.39, 0.29) is 5.92 Å². The number of nitrogens with zero attached hydrogens (tertiary/aromatic N) is 1. The summed E-state index contributed by atoms with van der Waals surface area (Å²) in [7, 11) is 0. The Morgan fingerprint density at radius 1 is 1.28 bits per heavy atom. The highest BCUT2D eigenvalue weighted by molar-refractivity contribution is 6.34. The van der Waals surface area contributed by atoms with Crippen LogP contribution < -0.4 is 0 Å². The summed E-state index contributed by atoms with van der Waals surface area (Å²) in [6, 6.07) is 1.64. The number of rotatable bonds is 2. The zero-order valence-corrected chi connectivity index (χ0v) is 12.2. The van der Waals surface area contributed by atoms with Crippen LogP contribution in [0.3, 0.4) is 0 Å². The van der Waals surface area contributed by atoms with Crippen molar-refractivity contribution in [3.05, 3.63) is 28.0 Å². The van der Waals surface area contributed by atoms with Gasteiger partial charge < -0.3 is 5.11 Å². The van der Waals surface area contributed by atoms with Crippen molar-refractivity contribution in [1.82, 2.24) is 4.98 Å². The Hall–Kier alpha value is -0.310. The molecule has 4 unspecified atom stereocenters. The van der Waals surface area contributed by atoms with E-state index in [2.05, 4.69) is 18.8 Å². The van der Waals surface area contributed by atoms with Gasteiger partial charge in [0, 0.05) is 6.20 Å². The first-order valence-corrected chi connectivity index (χ1v) is 7.23. The molecule has 18 heavy (non-hydrogen) atoms. The lowest BCUT2D eigenvalue weighted by molar-refractivity contribution is 0.0532. The quantitative estimate of drug-likeness (QED) is 0.869. The topological polar surface area (TPSA) is 33.1 Å². The van der Waals surface area contributed by atoms with Gasteiger partial charge in [0.15, 0.2) is 0 Å². The minimum atomic E-state index is -0.579. The maximum atomic E-state index is 10.4. The first-order chi connectivity index (χ1) is 8.49. The van der Waals surface area contributed by atoms with Gasteiger partial charge in [-0.3, -0.25) is 4.98 Å². The van der Waals surface area contributed by atoms with Crippen LogP contribution in [0.15, 0.2) is 12.3 Å². The third-order valence-corrected chi connectivity index (χ3v) is 4.71. The molecule has 1 heterocycles. The van der Waals surface area contributed by atoms with Crippen LogP contribution in [0, 0.1) is 17.8 Å². The molecule has 0 spiro atoms. The summed E-state index contributed by atoms with van der Waals surface area (Å²) in [6.07, 6.45) is 4.19. The van der Waals surface area contributed by atoms with Crippen molar-refractivity contribution in [1.29, 1.82) is 0 Å². The Labute approximate surface area is 118 Å². The van der Waals surface area contributed by atoms with Crippen molar-refractivity contribution in [2.45, 2.75) is 39.2 Å². The summed E-state index contributed by atoms with van der Waals surface area (Å²) in [6.45, 7) is 4.53. The number of hydrogen-bond donors (Lipinski definition) is 1. The van der Waals surface area contributed by atoms with E-state index in [9.17, 15) is 5.11 Å². The van der Waals surface area contributed by atoms with Gasteiger partial charge in [0.25, 0.3) is 0 Å². The molecule has 1 saturated carbocycles. The molecule has 1 aromatic rings. The molecule has 2 nitrogen and oxygen atoms in total. The van der Waals surface area contributed by atoms with Gasteiger partial charge in [-0.2, -0.15) is 0 Å². The minimum Gasteiger partial charge on any atom is -0.386 e. The van der Waals surface area contributed by atoms with Gasteiger partial charge >= 0.3 is 0 Å². The molecule has 0 bridgehead atoms. The lowest BCUT2D eigenvalue weighted by Gasteiger charge is -2.34. The fraction of sp³-hybridized carbons (Fsp3) is 0.643. The summed E-state index contributed by atoms with van der Waals surface area (Å²) in [5.74, 6) is 1.63. The predicted octanol–water partition coefficient (Wildman–Crippen LogP) is 4.49. The van der Waals surface area contributed by atoms with Crippen LogP contribution in [0.1, 0.15) is 44.9 Å². The molecule has 1 N–H and O–H groups in total.